The quantitative estimate of drug-likeness (QED) is 0.538. The number of benzene rings is 1. The molecule has 0 radical (unpaired) electrons. The minimum Gasteiger partial charge on any atom is -0.491 e. The summed E-state index contributed by atoms with van der Waals surface area (Å²) in [5.74, 6) is 2.68. The van der Waals surface area contributed by atoms with Crippen LogP contribution < -0.4 is 15.4 Å². The molecule has 6 nitrogen and oxygen atoms in total. The van der Waals surface area contributed by atoms with Gasteiger partial charge in [-0.3, -0.25) is 9.89 Å². The van der Waals surface area contributed by atoms with Crippen LogP contribution in [0.25, 0.3) is 0 Å². The lowest BCUT2D eigenvalue weighted by Gasteiger charge is -2.26. The normalized spacial score (nSPS) is 16.4. The molecule has 1 atom stereocenters. The van der Waals surface area contributed by atoms with E-state index in [9.17, 15) is 0 Å². The second-order valence-corrected chi connectivity index (χ2v) is 7.39. The van der Waals surface area contributed by atoms with Crippen LogP contribution in [-0.4, -0.2) is 43.6 Å². The summed E-state index contributed by atoms with van der Waals surface area (Å²) < 4.78 is 11.5. The molecule has 152 valence electrons. The lowest BCUT2D eigenvalue weighted by molar-refractivity contribution is 0.215. The summed E-state index contributed by atoms with van der Waals surface area (Å²) in [7, 11) is 1.80. The minimum atomic E-state index is 0.168. The van der Waals surface area contributed by atoms with Gasteiger partial charge in [-0.15, -0.1) is 0 Å². The van der Waals surface area contributed by atoms with Gasteiger partial charge in [0.1, 0.15) is 11.5 Å². The summed E-state index contributed by atoms with van der Waals surface area (Å²) in [6, 6.07) is 12.4. The van der Waals surface area contributed by atoms with Crippen LogP contribution >= 0.6 is 0 Å². The van der Waals surface area contributed by atoms with Crippen LogP contribution in [0, 0.1) is 0 Å². The Labute approximate surface area is 168 Å². The van der Waals surface area contributed by atoms with Gasteiger partial charge in [0.05, 0.1) is 18.4 Å². The van der Waals surface area contributed by atoms with Crippen LogP contribution in [0.5, 0.6) is 5.75 Å². The molecule has 2 aromatic rings. The van der Waals surface area contributed by atoms with Crippen LogP contribution in [0.3, 0.4) is 0 Å². The van der Waals surface area contributed by atoms with E-state index in [4.69, 9.17) is 9.15 Å². The van der Waals surface area contributed by atoms with E-state index >= 15 is 0 Å². The van der Waals surface area contributed by atoms with E-state index in [1.165, 1.54) is 12.8 Å². The van der Waals surface area contributed by atoms with Crippen molar-refractivity contribution in [3.8, 4) is 5.75 Å². The number of hydrogen-bond acceptors (Lipinski definition) is 4. The zero-order chi connectivity index (χ0) is 19.8. The van der Waals surface area contributed by atoms with E-state index in [-0.39, 0.29) is 12.1 Å². The van der Waals surface area contributed by atoms with Crippen molar-refractivity contribution < 1.29 is 9.15 Å². The lowest BCUT2D eigenvalue weighted by atomic mass is 10.2. The molecule has 1 aliphatic rings. The first-order chi connectivity index (χ1) is 13.7. The molecule has 6 heteroatoms. The number of nitrogens with one attached hydrogen (secondary N) is 2. The lowest BCUT2D eigenvalue weighted by Crippen LogP contribution is -2.42. The fourth-order valence-corrected chi connectivity index (χ4v) is 3.54. The Morgan fingerprint density at radius 3 is 2.68 bits per heavy atom. The molecule has 1 aromatic heterocycles. The molecule has 1 aromatic carbocycles. The molecule has 0 aliphatic carbocycles. The topological polar surface area (TPSA) is 62.0 Å². The van der Waals surface area contributed by atoms with Gasteiger partial charge in [-0.05, 0) is 69.6 Å². The first kappa shape index (κ1) is 20.3. The van der Waals surface area contributed by atoms with Crippen LogP contribution in [0.2, 0.25) is 0 Å². The predicted molar refractivity (Wildman–Crippen MR) is 113 cm³/mol. The summed E-state index contributed by atoms with van der Waals surface area (Å²) in [4.78, 5) is 6.85. The molecule has 0 saturated carbocycles. The highest BCUT2D eigenvalue weighted by Crippen LogP contribution is 2.24. The van der Waals surface area contributed by atoms with Gasteiger partial charge < -0.3 is 19.8 Å². The zero-order valence-electron chi connectivity index (χ0n) is 17.1. The summed E-state index contributed by atoms with van der Waals surface area (Å²) in [6.45, 7) is 7.73. The average Bonchev–Trinajstić information content (AvgIpc) is 3.39. The summed E-state index contributed by atoms with van der Waals surface area (Å²) in [5.41, 5.74) is 1.16. The van der Waals surface area contributed by atoms with Crippen molar-refractivity contribution >= 4 is 5.96 Å². The third kappa shape index (κ3) is 5.76. The Balaban J connectivity index is 1.55. The fraction of sp³-hybridized carbons (Fsp3) is 0.500. The number of aliphatic imine (C=N–C) groups is 1. The number of guanidine groups is 1. The molecule has 0 bridgehead atoms. The van der Waals surface area contributed by atoms with Gasteiger partial charge in [0.2, 0.25) is 0 Å². The molecule has 1 unspecified atom stereocenters. The highest BCUT2D eigenvalue weighted by Gasteiger charge is 2.25. The van der Waals surface area contributed by atoms with E-state index in [0.29, 0.717) is 6.54 Å². The van der Waals surface area contributed by atoms with Crippen LogP contribution in [-0.2, 0) is 6.54 Å². The zero-order valence-corrected chi connectivity index (χ0v) is 17.1. The Kier molecular flexibility index (Phi) is 7.37. The summed E-state index contributed by atoms with van der Waals surface area (Å²) in [6.07, 6.45) is 4.41. The van der Waals surface area contributed by atoms with Crippen molar-refractivity contribution in [2.75, 3.05) is 26.7 Å². The number of rotatable bonds is 8. The monoisotopic (exact) mass is 384 g/mol. The number of furan rings is 1. The molecule has 1 aliphatic heterocycles. The van der Waals surface area contributed by atoms with Gasteiger partial charge in [-0.25, -0.2) is 0 Å². The van der Waals surface area contributed by atoms with Gasteiger partial charge in [0.15, 0.2) is 5.96 Å². The summed E-state index contributed by atoms with van der Waals surface area (Å²) >= 11 is 0. The maximum Gasteiger partial charge on any atom is 0.191 e. The highest BCUT2D eigenvalue weighted by atomic mass is 16.5. The molecule has 0 spiro atoms. The number of hydrogen-bond donors (Lipinski definition) is 2. The highest BCUT2D eigenvalue weighted by molar-refractivity contribution is 5.79. The van der Waals surface area contributed by atoms with Crippen LogP contribution in [0.15, 0.2) is 52.1 Å². The first-order valence-corrected chi connectivity index (χ1v) is 10.1. The molecular weight excluding hydrogens is 352 g/mol. The average molecular weight is 385 g/mol. The van der Waals surface area contributed by atoms with Gasteiger partial charge >= 0.3 is 0 Å². The molecule has 3 rings (SSSR count). The van der Waals surface area contributed by atoms with Gasteiger partial charge in [-0.2, -0.15) is 0 Å². The summed E-state index contributed by atoms with van der Waals surface area (Å²) in [5, 5.41) is 6.85. The Morgan fingerprint density at radius 2 is 2.00 bits per heavy atom. The third-order valence-corrected chi connectivity index (χ3v) is 4.87. The van der Waals surface area contributed by atoms with E-state index in [1.807, 2.05) is 32.0 Å². The Hall–Kier alpha value is -2.47. The van der Waals surface area contributed by atoms with Crippen molar-refractivity contribution in [2.45, 2.75) is 45.4 Å². The molecule has 0 amide bonds. The van der Waals surface area contributed by atoms with Crippen molar-refractivity contribution in [3.63, 3.8) is 0 Å². The minimum absolute atomic E-state index is 0.168. The van der Waals surface area contributed by atoms with Crippen molar-refractivity contribution in [1.29, 1.82) is 0 Å². The van der Waals surface area contributed by atoms with Gasteiger partial charge in [0.25, 0.3) is 0 Å². The second kappa shape index (κ2) is 10.2. The maximum absolute atomic E-state index is 5.78. The second-order valence-electron chi connectivity index (χ2n) is 7.39. The third-order valence-electron chi connectivity index (χ3n) is 4.87. The van der Waals surface area contributed by atoms with Gasteiger partial charge in [0, 0.05) is 20.1 Å². The van der Waals surface area contributed by atoms with E-state index in [1.54, 1.807) is 13.3 Å². The number of nitrogens with zero attached hydrogens (tertiary/aromatic N) is 2. The molecule has 1 saturated heterocycles. The van der Waals surface area contributed by atoms with Crippen molar-refractivity contribution in [3.05, 3.63) is 54.0 Å². The molecule has 28 heavy (non-hydrogen) atoms. The molecule has 2 N–H and O–H groups in total. The van der Waals surface area contributed by atoms with Crippen molar-refractivity contribution in [1.82, 2.24) is 15.5 Å². The predicted octanol–water partition coefficient (Wildman–Crippen LogP) is 3.57. The molecule has 2 heterocycles. The number of ether oxygens (including phenoxy) is 1. The van der Waals surface area contributed by atoms with E-state index < -0.39 is 0 Å². The standard InChI is InChI=1S/C22H32N4O2/c1-17(2)28-19-9-6-8-18(14-19)15-24-22(23-3)25-16-20(21-10-7-13-27-21)26-11-4-5-12-26/h6-10,13-14,17,20H,4-5,11-12,15-16H2,1-3H3,(H2,23,24,25). The van der Waals surface area contributed by atoms with Crippen molar-refractivity contribution in [2.24, 2.45) is 4.99 Å². The number of likely N-dealkylation sites (tertiary alicyclic amines) is 1. The maximum atomic E-state index is 5.78. The van der Waals surface area contributed by atoms with E-state index in [2.05, 4.69) is 38.7 Å². The molecular formula is C22H32N4O2. The fourth-order valence-electron chi connectivity index (χ4n) is 3.54. The van der Waals surface area contributed by atoms with E-state index in [0.717, 1.165) is 42.7 Å². The Bertz CT molecular complexity index is 737. The largest absolute Gasteiger partial charge is 0.491 e. The van der Waals surface area contributed by atoms with Crippen LogP contribution in [0.1, 0.15) is 44.1 Å². The van der Waals surface area contributed by atoms with Crippen LogP contribution in [0.4, 0.5) is 0 Å². The SMILES string of the molecule is CN=C(NCc1cccc(OC(C)C)c1)NCC(c1ccco1)N1CCCC1. The smallest absolute Gasteiger partial charge is 0.191 e. The first-order valence-electron chi connectivity index (χ1n) is 10.1. The Morgan fingerprint density at radius 1 is 1.18 bits per heavy atom. The van der Waals surface area contributed by atoms with Gasteiger partial charge in [-0.1, -0.05) is 12.1 Å². The molecule has 1 fully saturated rings.